The van der Waals surface area contributed by atoms with Gasteiger partial charge in [-0.2, -0.15) is 0 Å². The zero-order chi connectivity index (χ0) is 14.1. The molecule has 0 spiro atoms. The average Bonchev–Trinajstić information content (AvgIpc) is 2.37. The summed E-state index contributed by atoms with van der Waals surface area (Å²) in [5, 5.41) is 1.54. The Bertz CT molecular complexity index is 417. The van der Waals surface area contributed by atoms with Gasteiger partial charge >= 0.3 is 126 Å². The van der Waals surface area contributed by atoms with Gasteiger partial charge in [0.05, 0.1) is 0 Å². The molecule has 0 aromatic heterocycles. The van der Waals surface area contributed by atoms with Crippen LogP contribution in [-0.4, -0.2) is 23.0 Å². The van der Waals surface area contributed by atoms with Crippen LogP contribution in [0.4, 0.5) is 0 Å². The van der Waals surface area contributed by atoms with E-state index in [-0.39, 0.29) is 0 Å². The summed E-state index contributed by atoms with van der Waals surface area (Å²) in [6, 6.07) is 9.18. The van der Waals surface area contributed by atoms with Crippen LogP contribution in [0.15, 0.2) is 24.3 Å². The molecule has 0 saturated heterocycles. The Labute approximate surface area is 126 Å². The van der Waals surface area contributed by atoms with Crippen molar-refractivity contribution in [2.75, 3.05) is 0 Å². The molecule has 0 fully saturated rings. The van der Waals surface area contributed by atoms with Crippen LogP contribution in [0.2, 0.25) is 19.6 Å². The number of hydrogen-bond acceptors (Lipinski definition) is 0. The first kappa shape index (κ1) is 16.6. The predicted octanol–water partition coefficient (Wildman–Crippen LogP) is 3.49. The molecule has 1 aromatic rings. The molecule has 0 amide bonds. The summed E-state index contributed by atoms with van der Waals surface area (Å²) in [5.74, 6) is 3.32. The third-order valence-electron chi connectivity index (χ3n) is 3.12. The molecule has 1 aromatic carbocycles. The standard InChI is InChI=1S/C17H26SeSi/c1-5-6-7-8-9-10-15-18-16-11-13-17(14-12-16)19(2,3)4/h11-14H,5-9H2,1-4H3. The Morgan fingerprint density at radius 3 is 2.26 bits per heavy atom. The van der Waals surface area contributed by atoms with Crippen molar-refractivity contribution < 1.29 is 0 Å². The molecule has 2 heteroatoms. The molecule has 0 radical (unpaired) electrons. The van der Waals surface area contributed by atoms with E-state index < -0.39 is 8.07 Å². The van der Waals surface area contributed by atoms with Gasteiger partial charge in [-0.25, -0.2) is 0 Å². The maximum absolute atomic E-state index is 3.36. The minimum atomic E-state index is -1.14. The summed E-state index contributed by atoms with van der Waals surface area (Å²) in [6.07, 6.45) is 6.34. The zero-order valence-electron chi connectivity index (χ0n) is 12.8. The molecule has 0 heterocycles. The number of unbranched alkanes of at least 4 members (excludes halogenated alkanes) is 4. The first-order valence-electron chi connectivity index (χ1n) is 7.29. The van der Waals surface area contributed by atoms with Gasteiger partial charge in [0.25, 0.3) is 0 Å². The normalized spacial score (nSPS) is 10.9. The van der Waals surface area contributed by atoms with Crippen LogP contribution in [0.5, 0.6) is 0 Å². The molecular formula is C17H26SeSi. The van der Waals surface area contributed by atoms with Crippen LogP contribution in [0.1, 0.15) is 39.0 Å². The predicted molar refractivity (Wildman–Crippen MR) is 91.3 cm³/mol. The summed E-state index contributed by atoms with van der Waals surface area (Å²) in [5.41, 5.74) is 0. The van der Waals surface area contributed by atoms with Crippen molar-refractivity contribution in [3.05, 3.63) is 24.3 Å². The molecule has 0 atom stereocenters. The van der Waals surface area contributed by atoms with E-state index in [0.29, 0.717) is 15.0 Å². The Hall–Kier alpha value is -0.484. The summed E-state index contributed by atoms with van der Waals surface area (Å²) in [4.78, 5) is 3.36. The van der Waals surface area contributed by atoms with Crippen LogP contribution in [0, 0.1) is 10.7 Å². The molecule has 0 aliphatic carbocycles. The fourth-order valence-corrected chi connectivity index (χ4v) is 4.16. The Morgan fingerprint density at radius 1 is 1.00 bits per heavy atom. The van der Waals surface area contributed by atoms with E-state index in [1.54, 1.807) is 5.19 Å². The topological polar surface area (TPSA) is 0 Å². The summed E-state index contributed by atoms with van der Waals surface area (Å²) in [6.45, 7) is 9.43. The number of hydrogen-bond donors (Lipinski definition) is 0. The molecular weight excluding hydrogens is 311 g/mol. The molecule has 0 unspecified atom stereocenters. The number of rotatable bonds is 6. The molecule has 0 bridgehead atoms. The van der Waals surface area contributed by atoms with Gasteiger partial charge in [0.1, 0.15) is 0 Å². The van der Waals surface area contributed by atoms with Crippen molar-refractivity contribution >= 4 is 32.7 Å². The van der Waals surface area contributed by atoms with Crippen molar-refractivity contribution in [1.82, 2.24) is 0 Å². The van der Waals surface area contributed by atoms with Gasteiger partial charge in [0.15, 0.2) is 0 Å². The van der Waals surface area contributed by atoms with Crippen molar-refractivity contribution in [3.63, 3.8) is 0 Å². The maximum atomic E-state index is 3.36. The molecule has 0 nitrogen and oxygen atoms in total. The fourth-order valence-electron chi connectivity index (χ4n) is 1.81. The molecule has 0 saturated carbocycles. The van der Waals surface area contributed by atoms with E-state index in [0.717, 1.165) is 6.42 Å². The van der Waals surface area contributed by atoms with Crippen molar-refractivity contribution in [3.8, 4) is 10.7 Å². The monoisotopic (exact) mass is 338 g/mol. The van der Waals surface area contributed by atoms with E-state index in [1.165, 1.54) is 30.1 Å². The Morgan fingerprint density at radius 2 is 1.68 bits per heavy atom. The van der Waals surface area contributed by atoms with Gasteiger partial charge in [-0.1, -0.05) is 0 Å². The Balaban J connectivity index is 2.36. The van der Waals surface area contributed by atoms with E-state index in [4.69, 9.17) is 0 Å². The fraction of sp³-hybridized carbons (Fsp3) is 0.529. The summed E-state index contributed by atoms with van der Waals surface area (Å²) >= 11 is 0.336. The van der Waals surface area contributed by atoms with Crippen molar-refractivity contribution in [1.29, 1.82) is 0 Å². The molecule has 0 aliphatic heterocycles. The van der Waals surface area contributed by atoms with Crippen LogP contribution in [0.3, 0.4) is 0 Å². The minimum absolute atomic E-state index is 0.336. The van der Waals surface area contributed by atoms with Gasteiger partial charge < -0.3 is 0 Å². The molecule has 104 valence electrons. The van der Waals surface area contributed by atoms with Gasteiger partial charge in [0, 0.05) is 0 Å². The van der Waals surface area contributed by atoms with Crippen LogP contribution in [0.25, 0.3) is 0 Å². The Kier molecular flexibility index (Phi) is 7.54. The summed E-state index contributed by atoms with van der Waals surface area (Å²) in [7, 11) is -1.14. The molecule has 19 heavy (non-hydrogen) atoms. The van der Waals surface area contributed by atoms with Gasteiger partial charge in [-0.3, -0.25) is 0 Å². The second-order valence-electron chi connectivity index (χ2n) is 5.97. The number of benzene rings is 1. The van der Waals surface area contributed by atoms with Crippen LogP contribution < -0.4 is 9.65 Å². The summed E-state index contributed by atoms with van der Waals surface area (Å²) < 4.78 is 1.41. The second kappa shape index (κ2) is 8.64. The molecule has 0 aliphatic rings. The van der Waals surface area contributed by atoms with Crippen LogP contribution in [-0.2, 0) is 0 Å². The van der Waals surface area contributed by atoms with Crippen molar-refractivity contribution in [2.45, 2.75) is 58.7 Å². The quantitative estimate of drug-likeness (QED) is 0.423. The first-order valence-corrected chi connectivity index (χ1v) is 12.5. The van der Waals surface area contributed by atoms with Crippen LogP contribution >= 0.6 is 0 Å². The molecule has 1 rings (SSSR count). The van der Waals surface area contributed by atoms with Crippen molar-refractivity contribution in [2.24, 2.45) is 0 Å². The SMILES string of the molecule is CCCCCCC#C[Se]c1ccc([Si](C)(C)C)cc1. The third-order valence-corrected chi connectivity index (χ3v) is 6.76. The van der Waals surface area contributed by atoms with Gasteiger partial charge in [-0.05, 0) is 0 Å². The zero-order valence-corrected chi connectivity index (χ0v) is 15.5. The van der Waals surface area contributed by atoms with E-state index in [2.05, 4.69) is 61.6 Å². The molecule has 0 N–H and O–H groups in total. The van der Waals surface area contributed by atoms with E-state index >= 15 is 0 Å². The van der Waals surface area contributed by atoms with Gasteiger partial charge in [-0.15, -0.1) is 0 Å². The van der Waals surface area contributed by atoms with E-state index in [9.17, 15) is 0 Å². The van der Waals surface area contributed by atoms with E-state index in [1.807, 2.05) is 0 Å². The first-order chi connectivity index (χ1) is 9.04. The van der Waals surface area contributed by atoms with Gasteiger partial charge in [0.2, 0.25) is 0 Å². The second-order valence-corrected chi connectivity index (χ2v) is 12.9. The average molecular weight is 337 g/mol. The third kappa shape index (κ3) is 7.02.